The molecule has 92 valence electrons. The fourth-order valence-electron chi connectivity index (χ4n) is 1.56. The fourth-order valence-corrected chi connectivity index (χ4v) is 2.17. The summed E-state index contributed by atoms with van der Waals surface area (Å²) in [6.07, 6.45) is 2.68. The number of aryl methyl sites for hydroxylation is 1. The largest absolute Gasteiger partial charge is 0.506 e. The molecular weight excluding hydrogens is 296 g/mol. The van der Waals surface area contributed by atoms with Crippen molar-refractivity contribution in [1.82, 2.24) is 4.98 Å². The number of aromatic hydroxyl groups is 1. The number of nitrogens with one attached hydrogen (secondary N) is 1. The van der Waals surface area contributed by atoms with Gasteiger partial charge < -0.3 is 10.4 Å². The third-order valence-electron chi connectivity index (χ3n) is 2.29. The van der Waals surface area contributed by atoms with Gasteiger partial charge in [-0.25, -0.2) is 0 Å². The van der Waals surface area contributed by atoms with Gasteiger partial charge in [-0.2, -0.15) is 0 Å². The number of aromatic nitrogens is 1. The standard InChI is InChI=1S/C13H11BrN2O2/c1-8-2-10(14)5-11(3-8)16-13(18)9-4-12(17)7-15-6-9/h2-7,17H,1H3,(H,16,18). The Morgan fingerprint density at radius 3 is 2.72 bits per heavy atom. The van der Waals surface area contributed by atoms with Crippen LogP contribution in [-0.2, 0) is 0 Å². The molecule has 1 aromatic heterocycles. The highest BCUT2D eigenvalue weighted by Gasteiger charge is 2.08. The van der Waals surface area contributed by atoms with E-state index in [1.54, 1.807) is 6.07 Å². The summed E-state index contributed by atoms with van der Waals surface area (Å²) in [5.41, 5.74) is 2.04. The summed E-state index contributed by atoms with van der Waals surface area (Å²) < 4.78 is 0.895. The zero-order valence-corrected chi connectivity index (χ0v) is 11.2. The number of anilines is 1. The molecule has 0 aliphatic heterocycles. The zero-order chi connectivity index (χ0) is 13.1. The van der Waals surface area contributed by atoms with Crippen LogP contribution in [0.4, 0.5) is 5.69 Å². The first-order valence-electron chi connectivity index (χ1n) is 5.27. The number of halogens is 1. The van der Waals surface area contributed by atoms with Gasteiger partial charge in [-0.3, -0.25) is 9.78 Å². The summed E-state index contributed by atoms with van der Waals surface area (Å²) in [6.45, 7) is 1.94. The van der Waals surface area contributed by atoms with E-state index in [2.05, 4.69) is 26.2 Å². The molecule has 0 radical (unpaired) electrons. The van der Waals surface area contributed by atoms with Crippen molar-refractivity contribution in [3.05, 3.63) is 52.3 Å². The topological polar surface area (TPSA) is 62.2 Å². The highest BCUT2D eigenvalue weighted by Crippen LogP contribution is 2.20. The van der Waals surface area contributed by atoms with Crippen LogP contribution in [0.2, 0.25) is 0 Å². The van der Waals surface area contributed by atoms with E-state index < -0.39 is 0 Å². The quantitative estimate of drug-likeness (QED) is 0.896. The van der Waals surface area contributed by atoms with Crippen LogP contribution < -0.4 is 5.32 Å². The van der Waals surface area contributed by atoms with Crippen LogP contribution in [0.5, 0.6) is 5.75 Å². The molecule has 1 amide bonds. The molecule has 2 aromatic rings. The molecule has 1 aromatic carbocycles. The monoisotopic (exact) mass is 306 g/mol. The Balaban J connectivity index is 2.21. The molecule has 18 heavy (non-hydrogen) atoms. The van der Waals surface area contributed by atoms with Crippen LogP contribution in [0.25, 0.3) is 0 Å². The number of hydrogen-bond donors (Lipinski definition) is 2. The van der Waals surface area contributed by atoms with Gasteiger partial charge in [0.1, 0.15) is 5.75 Å². The second-order valence-corrected chi connectivity index (χ2v) is 4.82. The van der Waals surface area contributed by atoms with Gasteiger partial charge in [-0.05, 0) is 36.8 Å². The number of nitrogens with zero attached hydrogens (tertiary/aromatic N) is 1. The minimum absolute atomic E-state index is 0.0342. The van der Waals surface area contributed by atoms with Crippen molar-refractivity contribution in [3.8, 4) is 5.75 Å². The summed E-state index contributed by atoms with van der Waals surface area (Å²) >= 11 is 3.37. The normalized spacial score (nSPS) is 10.1. The van der Waals surface area contributed by atoms with E-state index in [1.807, 2.05) is 19.1 Å². The molecule has 0 unspecified atom stereocenters. The van der Waals surface area contributed by atoms with Gasteiger partial charge in [-0.15, -0.1) is 0 Å². The number of carbonyl (C=O) groups excluding carboxylic acids is 1. The number of benzene rings is 1. The Bertz CT molecular complexity index is 579. The Kier molecular flexibility index (Phi) is 3.62. The molecule has 0 fully saturated rings. The van der Waals surface area contributed by atoms with Gasteiger partial charge in [0.05, 0.1) is 11.8 Å². The summed E-state index contributed by atoms with van der Waals surface area (Å²) in [5, 5.41) is 12.0. The van der Waals surface area contributed by atoms with Crippen molar-refractivity contribution in [3.63, 3.8) is 0 Å². The Labute approximate surface area is 113 Å². The maximum Gasteiger partial charge on any atom is 0.257 e. The average Bonchev–Trinajstić information content (AvgIpc) is 2.27. The molecule has 4 nitrogen and oxygen atoms in total. The third-order valence-corrected chi connectivity index (χ3v) is 2.74. The predicted octanol–water partition coefficient (Wildman–Crippen LogP) is 3.11. The average molecular weight is 307 g/mol. The molecule has 0 bridgehead atoms. The fraction of sp³-hybridized carbons (Fsp3) is 0.0769. The van der Waals surface area contributed by atoms with Crippen molar-refractivity contribution >= 4 is 27.5 Å². The molecule has 2 rings (SSSR count). The molecule has 0 saturated carbocycles. The first-order chi connectivity index (χ1) is 8.54. The van der Waals surface area contributed by atoms with Gasteiger partial charge in [0.2, 0.25) is 0 Å². The first-order valence-corrected chi connectivity index (χ1v) is 6.06. The van der Waals surface area contributed by atoms with Gasteiger partial charge in [0.15, 0.2) is 0 Å². The van der Waals surface area contributed by atoms with E-state index in [0.717, 1.165) is 10.0 Å². The van der Waals surface area contributed by atoms with E-state index in [9.17, 15) is 9.90 Å². The SMILES string of the molecule is Cc1cc(Br)cc(NC(=O)c2cncc(O)c2)c1. The Morgan fingerprint density at radius 2 is 2.06 bits per heavy atom. The second-order valence-electron chi connectivity index (χ2n) is 3.90. The van der Waals surface area contributed by atoms with Gasteiger partial charge >= 0.3 is 0 Å². The molecule has 0 saturated heterocycles. The number of amides is 1. The van der Waals surface area contributed by atoms with Gasteiger partial charge in [-0.1, -0.05) is 15.9 Å². The van der Waals surface area contributed by atoms with Crippen molar-refractivity contribution in [1.29, 1.82) is 0 Å². The van der Waals surface area contributed by atoms with Gasteiger partial charge in [0.25, 0.3) is 5.91 Å². The molecule has 2 N–H and O–H groups in total. The van der Waals surface area contributed by atoms with Crippen LogP contribution in [0, 0.1) is 6.92 Å². The van der Waals surface area contributed by atoms with Crippen molar-refractivity contribution < 1.29 is 9.90 Å². The number of carbonyl (C=O) groups is 1. The first kappa shape index (κ1) is 12.6. The molecule has 0 aliphatic rings. The molecule has 0 aliphatic carbocycles. The molecule has 0 atom stereocenters. The number of pyridine rings is 1. The van der Waals surface area contributed by atoms with Crippen LogP contribution in [0.15, 0.2) is 41.1 Å². The predicted molar refractivity (Wildman–Crippen MR) is 72.7 cm³/mol. The highest BCUT2D eigenvalue weighted by atomic mass is 79.9. The summed E-state index contributed by atoms with van der Waals surface area (Å²) in [6, 6.07) is 6.98. The Morgan fingerprint density at radius 1 is 1.28 bits per heavy atom. The zero-order valence-electron chi connectivity index (χ0n) is 9.64. The minimum atomic E-state index is -0.309. The number of rotatable bonds is 2. The molecular formula is C13H11BrN2O2. The van der Waals surface area contributed by atoms with E-state index >= 15 is 0 Å². The van der Waals surface area contributed by atoms with Gasteiger partial charge in [0, 0.05) is 16.4 Å². The maximum absolute atomic E-state index is 11.9. The third kappa shape index (κ3) is 3.07. The highest BCUT2D eigenvalue weighted by molar-refractivity contribution is 9.10. The smallest absolute Gasteiger partial charge is 0.257 e. The van der Waals surface area contributed by atoms with E-state index in [-0.39, 0.29) is 11.7 Å². The second kappa shape index (κ2) is 5.18. The summed E-state index contributed by atoms with van der Waals surface area (Å²) in [4.78, 5) is 15.7. The Hall–Kier alpha value is -1.88. The lowest BCUT2D eigenvalue weighted by molar-refractivity contribution is 0.102. The molecule has 5 heteroatoms. The van der Waals surface area contributed by atoms with Crippen LogP contribution >= 0.6 is 15.9 Å². The molecule has 1 heterocycles. The van der Waals surface area contributed by atoms with Crippen molar-refractivity contribution in [2.24, 2.45) is 0 Å². The van der Waals surface area contributed by atoms with Crippen LogP contribution in [0.1, 0.15) is 15.9 Å². The van der Waals surface area contributed by atoms with Crippen LogP contribution in [0.3, 0.4) is 0 Å². The van der Waals surface area contributed by atoms with Crippen molar-refractivity contribution in [2.75, 3.05) is 5.32 Å². The van der Waals surface area contributed by atoms with E-state index in [1.165, 1.54) is 18.5 Å². The van der Waals surface area contributed by atoms with Crippen molar-refractivity contribution in [2.45, 2.75) is 6.92 Å². The lowest BCUT2D eigenvalue weighted by atomic mass is 10.2. The maximum atomic E-state index is 11.9. The molecule has 0 spiro atoms. The lowest BCUT2D eigenvalue weighted by Crippen LogP contribution is -2.12. The number of hydrogen-bond acceptors (Lipinski definition) is 3. The van der Waals surface area contributed by atoms with E-state index in [4.69, 9.17) is 0 Å². The lowest BCUT2D eigenvalue weighted by Gasteiger charge is -2.07. The van der Waals surface area contributed by atoms with Crippen LogP contribution in [-0.4, -0.2) is 16.0 Å². The van der Waals surface area contributed by atoms with E-state index in [0.29, 0.717) is 11.3 Å². The minimum Gasteiger partial charge on any atom is -0.506 e. The summed E-state index contributed by atoms with van der Waals surface area (Å²) in [5.74, 6) is -0.344. The summed E-state index contributed by atoms with van der Waals surface area (Å²) in [7, 11) is 0.